The van der Waals surface area contributed by atoms with E-state index < -0.39 is 5.41 Å². The molecule has 0 N–H and O–H groups in total. The quantitative estimate of drug-likeness (QED) is 0.720. The van der Waals surface area contributed by atoms with Crippen molar-refractivity contribution in [3.63, 3.8) is 0 Å². The maximum Gasteiger partial charge on any atom is 0.334 e. The Kier molecular flexibility index (Phi) is 4.34. The smallest absolute Gasteiger partial charge is 0.334 e. The predicted molar refractivity (Wildman–Crippen MR) is 94.7 cm³/mol. The zero-order valence-electron chi connectivity index (χ0n) is 15.6. The summed E-state index contributed by atoms with van der Waals surface area (Å²) in [5, 5.41) is 0. The van der Waals surface area contributed by atoms with E-state index in [1.807, 2.05) is 19.9 Å². The average molecular weight is 342 g/mol. The van der Waals surface area contributed by atoms with E-state index in [1.165, 1.54) is 7.11 Å². The fraction of sp³-hybridized carbons (Fsp3) is 0.571. The minimum absolute atomic E-state index is 0.0663. The molecule has 0 saturated heterocycles. The second-order valence-corrected chi connectivity index (χ2v) is 8.03. The standard InChI is InChI=1S/C21H26O4/c1-11(2)14-9-19(23)21(4)10-16-12(3)18(22)8-15(16)13(20(24)25-5)6-7-17(14)21/h6,9,11,15,17H,7-8,10H2,1-5H3. The number of ether oxygens (including phenoxy) is 1. The molecule has 0 bridgehead atoms. The highest BCUT2D eigenvalue weighted by molar-refractivity contribution is 6.03. The molecule has 0 spiro atoms. The van der Waals surface area contributed by atoms with Crippen LogP contribution in [0.4, 0.5) is 0 Å². The van der Waals surface area contributed by atoms with Crippen LogP contribution >= 0.6 is 0 Å². The van der Waals surface area contributed by atoms with Crippen molar-refractivity contribution < 1.29 is 19.1 Å². The zero-order valence-corrected chi connectivity index (χ0v) is 15.6. The Morgan fingerprint density at radius 3 is 2.60 bits per heavy atom. The molecule has 0 saturated carbocycles. The van der Waals surface area contributed by atoms with Crippen LogP contribution in [0.3, 0.4) is 0 Å². The molecule has 3 aliphatic rings. The zero-order chi connectivity index (χ0) is 18.5. The van der Waals surface area contributed by atoms with E-state index in [0.717, 1.165) is 11.1 Å². The van der Waals surface area contributed by atoms with Crippen molar-refractivity contribution in [1.29, 1.82) is 0 Å². The average Bonchev–Trinajstić information content (AvgIpc) is 2.95. The Balaban J connectivity index is 2.14. The Bertz CT molecular complexity index is 750. The maximum absolute atomic E-state index is 12.9. The lowest BCUT2D eigenvalue weighted by Crippen LogP contribution is -2.34. The van der Waals surface area contributed by atoms with Crippen LogP contribution in [0, 0.1) is 23.2 Å². The van der Waals surface area contributed by atoms with Gasteiger partial charge in [0.2, 0.25) is 0 Å². The minimum atomic E-state index is -0.531. The fourth-order valence-corrected chi connectivity index (χ4v) is 4.71. The van der Waals surface area contributed by atoms with Crippen LogP contribution in [0.1, 0.15) is 47.0 Å². The first kappa shape index (κ1) is 17.8. The molecule has 0 aliphatic heterocycles. The number of allylic oxidation sites excluding steroid dienone is 5. The number of carbonyl (C=O) groups is 3. The summed E-state index contributed by atoms with van der Waals surface area (Å²) in [4.78, 5) is 37.5. The van der Waals surface area contributed by atoms with Crippen molar-refractivity contribution in [2.45, 2.75) is 47.0 Å². The molecule has 4 nitrogen and oxygen atoms in total. The van der Waals surface area contributed by atoms with Crippen LogP contribution in [0.25, 0.3) is 0 Å². The number of fused-ring (bicyclic) bond motifs is 2. The number of hydrogen-bond donors (Lipinski definition) is 0. The first-order chi connectivity index (χ1) is 11.7. The first-order valence-electron chi connectivity index (χ1n) is 8.97. The highest BCUT2D eigenvalue weighted by Gasteiger charge is 2.50. The van der Waals surface area contributed by atoms with Crippen molar-refractivity contribution in [1.82, 2.24) is 0 Å². The molecule has 0 fully saturated rings. The van der Waals surface area contributed by atoms with Gasteiger partial charge in [-0.1, -0.05) is 38.0 Å². The van der Waals surface area contributed by atoms with Gasteiger partial charge in [-0.3, -0.25) is 9.59 Å². The number of carbonyl (C=O) groups excluding carboxylic acids is 3. The van der Waals surface area contributed by atoms with Crippen LogP contribution in [0.5, 0.6) is 0 Å². The molecule has 25 heavy (non-hydrogen) atoms. The number of methoxy groups -OCH3 is 1. The van der Waals surface area contributed by atoms with Gasteiger partial charge in [-0.2, -0.15) is 0 Å². The maximum atomic E-state index is 12.9. The molecule has 0 heterocycles. The van der Waals surface area contributed by atoms with Crippen LogP contribution < -0.4 is 0 Å². The van der Waals surface area contributed by atoms with E-state index in [1.54, 1.807) is 6.08 Å². The largest absolute Gasteiger partial charge is 0.466 e. The third-order valence-electron chi connectivity index (χ3n) is 6.34. The van der Waals surface area contributed by atoms with Gasteiger partial charge < -0.3 is 4.74 Å². The molecule has 0 aromatic rings. The summed E-state index contributed by atoms with van der Waals surface area (Å²) < 4.78 is 4.97. The van der Waals surface area contributed by atoms with Gasteiger partial charge in [0.05, 0.1) is 7.11 Å². The Hall–Kier alpha value is -1.97. The monoisotopic (exact) mass is 342 g/mol. The summed E-state index contributed by atoms with van der Waals surface area (Å²) >= 11 is 0. The van der Waals surface area contributed by atoms with E-state index in [2.05, 4.69) is 13.8 Å². The summed E-state index contributed by atoms with van der Waals surface area (Å²) in [6.45, 7) is 8.04. The Morgan fingerprint density at radius 2 is 2.00 bits per heavy atom. The Morgan fingerprint density at radius 1 is 1.32 bits per heavy atom. The molecule has 0 aromatic heterocycles. The van der Waals surface area contributed by atoms with Crippen molar-refractivity contribution in [2.75, 3.05) is 7.11 Å². The minimum Gasteiger partial charge on any atom is -0.466 e. The molecule has 3 rings (SSSR count). The summed E-state index contributed by atoms with van der Waals surface area (Å²) in [6.07, 6.45) is 5.20. The highest BCUT2D eigenvalue weighted by atomic mass is 16.5. The second-order valence-electron chi connectivity index (χ2n) is 8.03. The first-order valence-corrected chi connectivity index (χ1v) is 8.97. The highest BCUT2D eigenvalue weighted by Crippen LogP contribution is 2.53. The number of ketones is 2. The molecule has 4 heteroatoms. The van der Waals surface area contributed by atoms with Crippen LogP contribution in [0.2, 0.25) is 0 Å². The van der Waals surface area contributed by atoms with Gasteiger partial charge in [0.25, 0.3) is 0 Å². The van der Waals surface area contributed by atoms with Crippen molar-refractivity contribution >= 4 is 17.5 Å². The number of esters is 1. The van der Waals surface area contributed by atoms with Gasteiger partial charge in [0.15, 0.2) is 11.6 Å². The summed E-state index contributed by atoms with van der Waals surface area (Å²) in [5.74, 6) is -0.0478. The summed E-state index contributed by atoms with van der Waals surface area (Å²) in [7, 11) is 1.37. The number of hydrogen-bond acceptors (Lipinski definition) is 4. The molecule has 134 valence electrons. The van der Waals surface area contributed by atoms with E-state index in [-0.39, 0.29) is 35.3 Å². The van der Waals surface area contributed by atoms with E-state index in [0.29, 0.717) is 30.4 Å². The third-order valence-corrected chi connectivity index (χ3v) is 6.34. The van der Waals surface area contributed by atoms with Crippen molar-refractivity contribution in [2.24, 2.45) is 23.2 Å². The van der Waals surface area contributed by atoms with Crippen LogP contribution in [0.15, 0.2) is 34.4 Å². The Labute approximate surface area is 149 Å². The van der Waals surface area contributed by atoms with Crippen LogP contribution in [-0.2, 0) is 19.1 Å². The molecule has 3 atom stereocenters. The SMILES string of the molecule is COC(=O)C1=CCC2C(C(C)C)=CC(=O)C2(C)CC2=C(C)C(=O)CC12. The van der Waals surface area contributed by atoms with Gasteiger partial charge in [-0.25, -0.2) is 4.79 Å². The molecule has 0 amide bonds. The summed E-state index contributed by atoms with van der Waals surface area (Å²) in [5.41, 5.74) is 2.85. The van der Waals surface area contributed by atoms with E-state index in [9.17, 15) is 14.4 Å². The molecule has 3 unspecified atom stereocenters. The molecular weight excluding hydrogens is 316 g/mol. The van der Waals surface area contributed by atoms with E-state index >= 15 is 0 Å². The van der Waals surface area contributed by atoms with Gasteiger partial charge in [0, 0.05) is 23.3 Å². The van der Waals surface area contributed by atoms with Gasteiger partial charge in [-0.15, -0.1) is 0 Å². The van der Waals surface area contributed by atoms with Crippen molar-refractivity contribution in [3.05, 3.63) is 34.4 Å². The molecule has 3 aliphatic carbocycles. The topological polar surface area (TPSA) is 60.4 Å². The third kappa shape index (κ3) is 2.62. The van der Waals surface area contributed by atoms with E-state index in [4.69, 9.17) is 4.74 Å². The van der Waals surface area contributed by atoms with Gasteiger partial charge in [0.1, 0.15) is 0 Å². The van der Waals surface area contributed by atoms with Crippen molar-refractivity contribution in [3.8, 4) is 0 Å². The second kappa shape index (κ2) is 6.08. The molecule has 0 radical (unpaired) electrons. The summed E-state index contributed by atoms with van der Waals surface area (Å²) in [6, 6.07) is 0. The predicted octanol–water partition coefficient (Wildman–Crippen LogP) is 3.57. The lowest BCUT2D eigenvalue weighted by atomic mass is 9.65. The lowest BCUT2D eigenvalue weighted by Gasteiger charge is -2.36. The molecule has 0 aromatic carbocycles. The number of Topliss-reactive ketones (excluding diaryl/α,β-unsaturated/α-hetero) is 1. The van der Waals surface area contributed by atoms with Gasteiger partial charge >= 0.3 is 5.97 Å². The molecular formula is C21H26O4. The van der Waals surface area contributed by atoms with Gasteiger partial charge in [-0.05, 0) is 43.3 Å². The van der Waals surface area contributed by atoms with Crippen LogP contribution in [-0.4, -0.2) is 24.6 Å². The normalized spacial score (nSPS) is 32.1. The number of rotatable bonds is 2. The fourth-order valence-electron chi connectivity index (χ4n) is 4.71. The lowest BCUT2D eigenvalue weighted by molar-refractivity contribution is -0.136.